The molecule has 1 atom stereocenters. The Morgan fingerprint density at radius 2 is 2.06 bits per heavy atom. The van der Waals surface area contributed by atoms with Crippen molar-refractivity contribution in [3.05, 3.63) is 29.8 Å². The van der Waals surface area contributed by atoms with Crippen molar-refractivity contribution in [1.82, 2.24) is 5.32 Å². The number of hydrogen-bond acceptors (Lipinski definition) is 2. The molecule has 0 aromatic heterocycles. The number of hydrogen-bond donors (Lipinski definition) is 2. The van der Waals surface area contributed by atoms with Crippen molar-refractivity contribution in [3.63, 3.8) is 0 Å². The summed E-state index contributed by atoms with van der Waals surface area (Å²) in [7, 11) is 0. The summed E-state index contributed by atoms with van der Waals surface area (Å²) < 4.78 is 0. The molecule has 3 nitrogen and oxygen atoms in total. The number of nitrogens with one attached hydrogen (secondary N) is 1. The zero-order chi connectivity index (χ0) is 12.8. The Labute approximate surface area is 107 Å². The highest BCUT2D eigenvalue weighted by atomic mass is 35.5. The molecule has 1 rings (SSSR count). The van der Waals surface area contributed by atoms with Gasteiger partial charge in [-0.3, -0.25) is 4.79 Å². The normalized spacial score (nSPS) is 12.5. The van der Waals surface area contributed by atoms with E-state index in [4.69, 9.17) is 11.6 Å². The van der Waals surface area contributed by atoms with Crippen molar-refractivity contribution in [1.29, 1.82) is 0 Å². The molecule has 0 heterocycles. The lowest BCUT2D eigenvalue weighted by molar-refractivity contribution is 0.0934. The third-order valence-corrected chi connectivity index (χ3v) is 2.80. The van der Waals surface area contributed by atoms with Crippen LogP contribution in [0.4, 0.5) is 0 Å². The van der Waals surface area contributed by atoms with Crippen LogP contribution in [0.3, 0.4) is 0 Å². The van der Waals surface area contributed by atoms with Crippen LogP contribution in [-0.2, 0) is 0 Å². The number of rotatable bonds is 5. The van der Waals surface area contributed by atoms with Crippen molar-refractivity contribution in [3.8, 4) is 5.75 Å². The number of carbonyl (C=O) groups excluding carboxylic acids is 1. The number of alkyl halides is 1. The second-order valence-electron chi connectivity index (χ2n) is 4.47. The number of benzene rings is 1. The van der Waals surface area contributed by atoms with Crippen LogP contribution < -0.4 is 5.32 Å². The van der Waals surface area contributed by atoms with Gasteiger partial charge in [-0.15, -0.1) is 11.6 Å². The zero-order valence-corrected chi connectivity index (χ0v) is 10.9. The van der Waals surface area contributed by atoms with Gasteiger partial charge >= 0.3 is 0 Å². The van der Waals surface area contributed by atoms with E-state index in [1.807, 2.05) is 0 Å². The minimum Gasteiger partial charge on any atom is -0.507 e. The number of phenols is 1. The summed E-state index contributed by atoms with van der Waals surface area (Å²) >= 11 is 5.81. The molecule has 2 N–H and O–H groups in total. The van der Waals surface area contributed by atoms with Crippen molar-refractivity contribution >= 4 is 17.5 Å². The van der Waals surface area contributed by atoms with Gasteiger partial charge in [-0.2, -0.15) is 0 Å². The lowest BCUT2D eigenvalue weighted by Crippen LogP contribution is -2.37. The van der Waals surface area contributed by atoms with Crippen LogP contribution in [0.2, 0.25) is 0 Å². The van der Waals surface area contributed by atoms with Crippen LogP contribution >= 0.6 is 11.6 Å². The number of halogens is 1. The Bertz CT molecular complexity index is 379. The average Bonchev–Trinajstić information content (AvgIpc) is 2.27. The highest BCUT2D eigenvalue weighted by Gasteiger charge is 2.16. The van der Waals surface area contributed by atoms with Crippen LogP contribution in [0.15, 0.2) is 24.3 Å². The Morgan fingerprint density at radius 3 is 2.59 bits per heavy atom. The molecule has 0 saturated heterocycles. The van der Waals surface area contributed by atoms with E-state index in [0.29, 0.717) is 11.8 Å². The molecule has 0 saturated carbocycles. The van der Waals surface area contributed by atoms with Crippen LogP contribution in [0.5, 0.6) is 5.75 Å². The van der Waals surface area contributed by atoms with E-state index >= 15 is 0 Å². The van der Waals surface area contributed by atoms with E-state index in [-0.39, 0.29) is 23.3 Å². The van der Waals surface area contributed by atoms with Gasteiger partial charge in [-0.05, 0) is 24.5 Å². The molecule has 0 aliphatic rings. The summed E-state index contributed by atoms with van der Waals surface area (Å²) in [6.45, 7) is 4.15. The fourth-order valence-corrected chi connectivity index (χ4v) is 1.86. The minimum atomic E-state index is -0.283. The highest BCUT2D eigenvalue weighted by Crippen LogP contribution is 2.16. The number of carbonyl (C=O) groups is 1. The first kappa shape index (κ1) is 13.8. The lowest BCUT2D eigenvalue weighted by atomic mass is 10.0. The van der Waals surface area contributed by atoms with Gasteiger partial charge in [-0.1, -0.05) is 26.0 Å². The summed E-state index contributed by atoms with van der Waals surface area (Å²) in [5, 5.41) is 12.4. The Kier molecular flexibility index (Phi) is 5.29. The first-order valence-electron chi connectivity index (χ1n) is 5.69. The third kappa shape index (κ3) is 4.27. The number of aromatic hydroxyl groups is 1. The minimum absolute atomic E-state index is 0.0112. The molecule has 17 heavy (non-hydrogen) atoms. The summed E-state index contributed by atoms with van der Waals surface area (Å²) in [5.41, 5.74) is 0.284. The van der Waals surface area contributed by atoms with Crippen LogP contribution in [-0.4, -0.2) is 22.9 Å². The monoisotopic (exact) mass is 255 g/mol. The molecule has 1 unspecified atom stereocenters. The van der Waals surface area contributed by atoms with E-state index in [2.05, 4.69) is 19.2 Å². The largest absolute Gasteiger partial charge is 0.507 e. The Balaban J connectivity index is 2.68. The summed E-state index contributed by atoms with van der Waals surface area (Å²) in [5.74, 6) is 0.540. The van der Waals surface area contributed by atoms with Gasteiger partial charge in [0, 0.05) is 11.9 Å². The number of phenolic OH excluding ortho intramolecular Hbond substituents is 1. The second-order valence-corrected chi connectivity index (χ2v) is 4.78. The van der Waals surface area contributed by atoms with Crippen LogP contribution in [0.25, 0.3) is 0 Å². The van der Waals surface area contributed by atoms with Gasteiger partial charge in [0.05, 0.1) is 5.56 Å². The van der Waals surface area contributed by atoms with E-state index in [9.17, 15) is 9.90 Å². The van der Waals surface area contributed by atoms with Crippen molar-refractivity contribution in [2.45, 2.75) is 26.3 Å². The quantitative estimate of drug-likeness (QED) is 0.795. The fourth-order valence-electron chi connectivity index (χ4n) is 1.66. The summed E-state index contributed by atoms with van der Waals surface area (Å²) in [4.78, 5) is 11.9. The van der Waals surface area contributed by atoms with E-state index in [1.54, 1.807) is 18.2 Å². The van der Waals surface area contributed by atoms with Gasteiger partial charge < -0.3 is 10.4 Å². The zero-order valence-electron chi connectivity index (χ0n) is 10.1. The van der Waals surface area contributed by atoms with E-state index in [1.165, 1.54) is 6.07 Å². The fraction of sp³-hybridized carbons (Fsp3) is 0.462. The molecular weight excluding hydrogens is 238 g/mol. The first-order valence-corrected chi connectivity index (χ1v) is 6.22. The third-order valence-electron chi connectivity index (χ3n) is 2.43. The van der Waals surface area contributed by atoms with Gasteiger partial charge in [-0.25, -0.2) is 0 Å². The maximum atomic E-state index is 11.9. The molecule has 0 radical (unpaired) electrons. The molecule has 0 aliphatic heterocycles. The molecular formula is C13H18ClNO2. The maximum Gasteiger partial charge on any atom is 0.255 e. The summed E-state index contributed by atoms with van der Waals surface area (Å²) in [6, 6.07) is 6.41. The van der Waals surface area contributed by atoms with Crippen molar-refractivity contribution in [2.24, 2.45) is 5.92 Å². The van der Waals surface area contributed by atoms with Crippen LogP contribution in [0, 0.1) is 5.92 Å². The molecule has 1 aromatic carbocycles. The van der Waals surface area contributed by atoms with E-state index in [0.717, 1.165) is 6.42 Å². The average molecular weight is 256 g/mol. The summed E-state index contributed by atoms with van der Waals surface area (Å²) in [6.07, 6.45) is 0.822. The van der Waals surface area contributed by atoms with Crippen LogP contribution in [0.1, 0.15) is 30.6 Å². The highest BCUT2D eigenvalue weighted by molar-refractivity contribution is 6.18. The van der Waals surface area contributed by atoms with Crippen molar-refractivity contribution in [2.75, 3.05) is 5.88 Å². The van der Waals surface area contributed by atoms with Gasteiger partial charge in [0.2, 0.25) is 0 Å². The predicted octanol–water partition coefficient (Wildman–Crippen LogP) is 2.78. The molecule has 4 heteroatoms. The predicted molar refractivity (Wildman–Crippen MR) is 69.5 cm³/mol. The molecule has 1 amide bonds. The molecule has 0 fully saturated rings. The number of para-hydroxylation sites is 1. The molecule has 94 valence electrons. The molecule has 0 aliphatic carbocycles. The van der Waals surface area contributed by atoms with Gasteiger partial charge in [0.15, 0.2) is 0 Å². The molecule has 1 aromatic rings. The molecule has 0 bridgehead atoms. The first-order chi connectivity index (χ1) is 8.04. The van der Waals surface area contributed by atoms with Gasteiger partial charge in [0.1, 0.15) is 5.75 Å². The maximum absolute atomic E-state index is 11.9. The Hall–Kier alpha value is -1.22. The van der Waals surface area contributed by atoms with E-state index < -0.39 is 0 Å². The Morgan fingerprint density at radius 1 is 1.41 bits per heavy atom. The smallest absolute Gasteiger partial charge is 0.255 e. The lowest BCUT2D eigenvalue weighted by Gasteiger charge is -2.18. The second kappa shape index (κ2) is 6.50. The van der Waals surface area contributed by atoms with Crippen molar-refractivity contribution < 1.29 is 9.90 Å². The molecule has 0 spiro atoms. The van der Waals surface area contributed by atoms with Gasteiger partial charge in [0.25, 0.3) is 5.91 Å². The standard InChI is InChI=1S/C13H18ClNO2/c1-9(2)7-10(8-14)15-13(17)11-5-3-4-6-12(11)16/h3-6,9-10,16H,7-8H2,1-2H3,(H,15,17). The SMILES string of the molecule is CC(C)CC(CCl)NC(=O)c1ccccc1O. The topological polar surface area (TPSA) is 49.3 Å². The number of amides is 1.